The molecule has 0 saturated heterocycles. The highest BCUT2D eigenvalue weighted by Gasteiger charge is 2.13. The Labute approximate surface area is 103 Å². The van der Waals surface area contributed by atoms with Crippen LogP contribution in [-0.2, 0) is 9.59 Å². The molecule has 0 fully saturated rings. The van der Waals surface area contributed by atoms with Crippen LogP contribution in [0.5, 0.6) is 0 Å². The molecule has 1 aliphatic heterocycles. The molecule has 96 valence electrons. The molecule has 1 aliphatic rings. The van der Waals surface area contributed by atoms with Crippen LogP contribution in [0, 0.1) is 0 Å². The molecule has 0 aromatic rings. The molecule has 0 atom stereocenters. The molecule has 1 heterocycles. The second-order valence-electron chi connectivity index (χ2n) is 4.35. The molecular formula is C13H22N2O2. The molecule has 0 spiro atoms. The van der Waals surface area contributed by atoms with Crippen molar-refractivity contribution in [3.05, 3.63) is 12.2 Å². The quantitative estimate of drug-likeness (QED) is 0.651. The molecule has 1 rings (SSSR count). The Bertz CT molecular complexity index is 287. The first-order valence-corrected chi connectivity index (χ1v) is 6.46. The number of unbranched alkanes of at least 4 members (excludes halogenated alkanes) is 2. The summed E-state index contributed by atoms with van der Waals surface area (Å²) in [5, 5.41) is 2.90. The number of nitrogens with one attached hydrogen (secondary N) is 1. The molecular weight excluding hydrogens is 216 g/mol. The van der Waals surface area contributed by atoms with Crippen LogP contribution >= 0.6 is 0 Å². The standard InChI is InChI=1S/C13H22N2O2/c1-2-3-4-9-14-12(16)7-5-10-15-11-6-8-13(15)17/h6,8H,2-5,7,9-11H2,1H3,(H,14,16). The van der Waals surface area contributed by atoms with Crippen LogP contribution in [0.4, 0.5) is 0 Å². The van der Waals surface area contributed by atoms with E-state index >= 15 is 0 Å². The molecule has 0 bridgehead atoms. The lowest BCUT2D eigenvalue weighted by Crippen LogP contribution is -2.29. The number of amides is 2. The number of nitrogens with zero attached hydrogens (tertiary/aromatic N) is 1. The molecule has 0 unspecified atom stereocenters. The van der Waals surface area contributed by atoms with E-state index in [9.17, 15) is 9.59 Å². The van der Waals surface area contributed by atoms with E-state index in [2.05, 4.69) is 12.2 Å². The van der Waals surface area contributed by atoms with Gasteiger partial charge in [-0.1, -0.05) is 25.8 Å². The van der Waals surface area contributed by atoms with Crippen LogP contribution < -0.4 is 5.32 Å². The van der Waals surface area contributed by atoms with Gasteiger partial charge in [0.25, 0.3) is 0 Å². The Balaban J connectivity index is 1.98. The van der Waals surface area contributed by atoms with Gasteiger partial charge in [-0.25, -0.2) is 0 Å². The smallest absolute Gasteiger partial charge is 0.246 e. The van der Waals surface area contributed by atoms with Gasteiger partial charge in [0, 0.05) is 32.1 Å². The number of rotatable bonds is 8. The Morgan fingerprint density at radius 3 is 2.88 bits per heavy atom. The van der Waals surface area contributed by atoms with Gasteiger partial charge < -0.3 is 10.2 Å². The number of carbonyl (C=O) groups excluding carboxylic acids is 2. The van der Waals surface area contributed by atoms with Crippen molar-refractivity contribution in [2.24, 2.45) is 0 Å². The number of hydrogen-bond donors (Lipinski definition) is 1. The lowest BCUT2D eigenvalue weighted by Gasteiger charge is -2.14. The van der Waals surface area contributed by atoms with E-state index in [1.807, 2.05) is 6.08 Å². The normalized spacial score (nSPS) is 14.4. The third-order valence-corrected chi connectivity index (χ3v) is 2.83. The van der Waals surface area contributed by atoms with Gasteiger partial charge in [0.15, 0.2) is 0 Å². The fourth-order valence-corrected chi connectivity index (χ4v) is 1.80. The lowest BCUT2D eigenvalue weighted by molar-refractivity contribution is -0.125. The van der Waals surface area contributed by atoms with E-state index in [1.165, 1.54) is 6.42 Å². The molecule has 4 heteroatoms. The van der Waals surface area contributed by atoms with Crippen molar-refractivity contribution in [2.45, 2.75) is 39.0 Å². The van der Waals surface area contributed by atoms with E-state index in [0.717, 1.165) is 25.8 Å². The first kappa shape index (κ1) is 13.7. The second kappa shape index (κ2) is 7.87. The summed E-state index contributed by atoms with van der Waals surface area (Å²) in [5.41, 5.74) is 0. The fourth-order valence-electron chi connectivity index (χ4n) is 1.80. The highest BCUT2D eigenvalue weighted by Crippen LogP contribution is 2.03. The fraction of sp³-hybridized carbons (Fsp3) is 0.692. The maximum Gasteiger partial charge on any atom is 0.246 e. The molecule has 0 saturated carbocycles. The minimum Gasteiger partial charge on any atom is -0.356 e. The highest BCUT2D eigenvalue weighted by molar-refractivity contribution is 5.89. The van der Waals surface area contributed by atoms with Crippen LogP contribution in [0.1, 0.15) is 39.0 Å². The van der Waals surface area contributed by atoms with Crippen LogP contribution in [0.3, 0.4) is 0 Å². The average Bonchev–Trinajstić information content (AvgIpc) is 2.71. The van der Waals surface area contributed by atoms with Crippen LogP contribution in [0.15, 0.2) is 12.2 Å². The van der Waals surface area contributed by atoms with Crippen LogP contribution in [0.25, 0.3) is 0 Å². The monoisotopic (exact) mass is 238 g/mol. The van der Waals surface area contributed by atoms with Gasteiger partial charge in [-0.3, -0.25) is 9.59 Å². The van der Waals surface area contributed by atoms with E-state index < -0.39 is 0 Å². The third-order valence-electron chi connectivity index (χ3n) is 2.83. The van der Waals surface area contributed by atoms with Gasteiger partial charge in [-0.2, -0.15) is 0 Å². The number of hydrogen-bond acceptors (Lipinski definition) is 2. The van der Waals surface area contributed by atoms with Crippen molar-refractivity contribution in [3.8, 4) is 0 Å². The first-order valence-electron chi connectivity index (χ1n) is 6.46. The largest absolute Gasteiger partial charge is 0.356 e. The summed E-state index contributed by atoms with van der Waals surface area (Å²) in [7, 11) is 0. The zero-order valence-electron chi connectivity index (χ0n) is 10.6. The third kappa shape index (κ3) is 5.52. The van der Waals surface area contributed by atoms with E-state index in [-0.39, 0.29) is 11.8 Å². The Morgan fingerprint density at radius 2 is 2.24 bits per heavy atom. The van der Waals surface area contributed by atoms with Gasteiger partial charge in [0.1, 0.15) is 0 Å². The maximum absolute atomic E-state index is 11.4. The first-order chi connectivity index (χ1) is 8.24. The maximum atomic E-state index is 11.4. The van der Waals surface area contributed by atoms with Crippen molar-refractivity contribution >= 4 is 11.8 Å². The van der Waals surface area contributed by atoms with Crippen molar-refractivity contribution in [1.82, 2.24) is 10.2 Å². The summed E-state index contributed by atoms with van der Waals surface area (Å²) in [5.74, 6) is 0.161. The van der Waals surface area contributed by atoms with Crippen molar-refractivity contribution in [2.75, 3.05) is 19.6 Å². The average molecular weight is 238 g/mol. The predicted molar refractivity (Wildman–Crippen MR) is 67.5 cm³/mol. The van der Waals surface area contributed by atoms with Crippen molar-refractivity contribution in [3.63, 3.8) is 0 Å². The summed E-state index contributed by atoms with van der Waals surface area (Å²) in [6, 6.07) is 0. The van der Waals surface area contributed by atoms with Gasteiger partial charge in [-0.05, 0) is 12.8 Å². The molecule has 17 heavy (non-hydrogen) atoms. The summed E-state index contributed by atoms with van der Waals surface area (Å²) < 4.78 is 0. The molecule has 0 aromatic heterocycles. The molecule has 0 aliphatic carbocycles. The van der Waals surface area contributed by atoms with E-state index in [0.29, 0.717) is 19.5 Å². The van der Waals surface area contributed by atoms with Gasteiger partial charge in [0.2, 0.25) is 11.8 Å². The predicted octanol–water partition coefficient (Wildman–Crippen LogP) is 1.47. The second-order valence-corrected chi connectivity index (χ2v) is 4.35. The summed E-state index contributed by atoms with van der Waals surface area (Å²) >= 11 is 0. The van der Waals surface area contributed by atoms with Crippen LogP contribution in [-0.4, -0.2) is 36.3 Å². The zero-order valence-corrected chi connectivity index (χ0v) is 10.6. The summed E-state index contributed by atoms with van der Waals surface area (Å²) in [6.07, 6.45) is 8.08. The lowest BCUT2D eigenvalue weighted by atomic mass is 10.2. The summed E-state index contributed by atoms with van der Waals surface area (Å²) in [6.45, 7) is 4.28. The minimum absolute atomic E-state index is 0.0633. The summed E-state index contributed by atoms with van der Waals surface area (Å²) in [4.78, 5) is 24.4. The minimum atomic E-state index is 0.0633. The molecule has 0 aromatic carbocycles. The molecule has 1 N–H and O–H groups in total. The Kier molecular flexibility index (Phi) is 6.37. The van der Waals surface area contributed by atoms with Crippen molar-refractivity contribution in [1.29, 1.82) is 0 Å². The van der Waals surface area contributed by atoms with Gasteiger partial charge in [0.05, 0.1) is 0 Å². The Hall–Kier alpha value is -1.32. The van der Waals surface area contributed by atoms with Crippen molar-refractivity contribution < 1.29 is 9.59 Å². The topological polar surface area (TPSA) is 49.4 Å². The highest BCUT2D eigenvalue weighted by atomic mass is 16.2. The number of carbonyl (C=O) groups is 2. The van der Waals surface area contributed by atoms with Crippen LogP contribution in [0.2, 0.25) is 0 Å². The van der Waals surface area contributed by atoms with Gasteiger partial charge in [-0.15, -0.1) is 0 Å². The molecule has 4 nitrogen and oxygen atoms in total. The van der Waals surface area contributed by atoms with E-state index in [1.54, 1.807) is 11.0 Å². The Morgan fingerprint density at radius 1 is 1.41 bits per heavy atom. The molecule has 2 amide bonds. The zero-order chi connectivity index (χ0) is 12.5. The SMILES string of the molecule is CCCCCNC(=O)CCCN1CC=CC1=O. The van der Waals surface area contributed by atoms with E-state index in [4.69, 9.17) is 0 Å². The van der Waals surface area contributed by atoms with Gasteiger partial charge >= 0.3 is 0 Å². The molecule has 0 radical (unpaired) electrons.